The molecule has 1 fully saturated rings. The number of unbranched alkanes of at least 4 members (excludes halogenated alkanes) is 5. The molecule has 0 aromatic carbocycles. The maximum atomic E-state index is 11.7. The first-order valence-corrected chi connectivity index (χ1v) is 10.2. The molecule has 0 aromatic heterocycles. The van der Waals surface area contributed by atoms with E-state index in [1.807, 2.05) is 21.6 Å². The molecule has 2 nitrogen and oxygen atoms in total. The van der Waals surface area contributed by atoms with Gasteiger partial charge in [-0.3, -0.25) is 4.79 Å². The van der Waals surface area contributed by atoms with Gasteiger partial charge >= 0.3 is 0 Å². The molecule has 1 heterocycles. The lowest BCUT2D eigenvalue weighted by molar-refractivity contribution is -0.119. The zero-order valence-electron chi connectivity index (χ0n) is 12.1. The van der Waals surface area contributed by atoms with Crippen LogP contribution >= 0.6 is 21.6 Å². The van der Waals surface area contributed by atoms with E-state index >= 15 is 0 Å². The van der Waals surface area contributed by atoms with Crippen molar-refractivity contribution in [3.8, 4) is 0 Å². The van der Waals surface area contributed by atoms with Gasteiger partial charge in [0.25, 0.3) is 0 Å². The van der Waals surface area contributed by atoms with Crippen molar-refractivity contribution in [3.05, 3.63) is 0 Å². The summed E-state index contributed by atoms with van der Waals surface area (Å²) in [5.74, 6) is 1.80. The summed E-state index contributed by atoms with van der Waals surface area (Å²) in [6.07, 6.45) is 12.5. The van der Waals surface area contributed by atoms with E-state index in [9.17, 15) is 4.79 Å². The number of hydrogen-bond donors (Lipinski definition) is 1. The van der Waals surface area contributed by atoms with Gasteiger partial charge in [-0.15, -0.1) is 0 Å². The first-order valence-electron chi connectivity index (χ1n) is 7.83. The minimum Gasteiger partial charge on any atom is -0.330 e. The lowest BCUT2D eigenvalue weighted by atomic mass is 10.0. The normalized spacial score (nSPS) is 18.9. The fraction of sp³-hybridized carbons (Fsp3) is 0.933. The Bertz CT molecular complexity index is 230. The molecule has 0 radical (unpaired) electrons. The highest BCUT2D eigenvalue weighted by Gasteiger charge is 2.15. The van der Waals surface area contributed by atoms with Gasteiger partial charge in [0, 0.05) is 23.8 Å². The Balaban J connectivity index is 1.82. The molecule has 0 bridgehead atoms. The zero-order valence-corrected chi connectivity index (χ0v) is 13.7. The van der Waals surface area contributed by atoms with Crippen LogP contribution in [0.2, 0.25) is 0 Å². The Kier molecular flexibility index (Phi) is 11.1. The monoisotopic (exact) mass is 303 g/mol. The minimum absolute atomic E-state index is 0.479. The van der Waals surface area contributed by atoms with Crippen LogP contribution in [-0.4, -0.2) is 23.3 Å². The summed E-state index contributed by atoms with van der Waals surface area (Å²) in [5.41, 5.74) is 5.45. The molecule has 1 unspecified atom stereocenters. The standard InChI is InChI=1S/C15H29NOS2/c16-12-7-3-1-2-4-8-14(17)9-5-6-10-15-11-13-18-19-15/h15H,1-13,16H2. The molecule has 0 amide bonds. The van der Waals surface area contributed by atoms with Crippen LogP contribution in [0.3, 0.4) is 0 Å². The van der Waals surface area contributed by atoms with E-state index in [-0.39, 0.29) is 0 Å². The molecular weight excluding hydrogens is 274 g/mol. The van der Waals surface area contributed by atoms with Gasteiger partial charge in [-0.1, -0.05) is 47.3 Å². The van der Waals surface area contributed by atoms with Crippen molar-refractivity contribution >= 4 is 27.4 Å². The SMILES string of the molecule is NCCCCCCCC(=O)CCCCC1CCSS1. The highest BCUT2D eigenvalue weighted by molar-refractivity contribution is 8.77. The Labute approximate surface area is 126 Å². The lowest BCUT2D eigenvalue weighted by Crippen LogP contribution is -2.01. The lowest BCUT2D eigenvalue weighted by Gasteiger charge is -2.06. The Morgan fingerprint density at radius 1 is 1.00 bits per heavy atom. The van der Waals surface area contributed by atoms with Gasteiger partial charge in [-0.2, -0.15) is 0 Å². The van der Waals surface area contributed by atoms with Crippen LogP contribution in [0.1, 0.15) is 70.6 Å². The summed E-state index contributed by atoms with van der Waals surface area (Å²) >= 11 is 0. The van der Waals surface area contributed by atoms with E-state index in [0.717, 1.165) is 43.9 Å². The van der Waals surface area contributed by atoms with Gasteiger partial charge in [-0.05, 0) is 38.6 Å². The van der Waals surface area contributed by atoms with Gasteiger partial charge < -0.3 is 5.73 Å². The van der Waals surface area contributed by atoms with Crippen molar-refractivity contribution in [2.24, 2.45) is 5.73 Å². The molecule has 1 atom stereocenters. The van der Waals surface area contributed by atoms with E-state index in [0.29, 0.717) is 5.78 Å². The molecule has 19 heavy (non-hydrogen) atoms. The van der Waals surface area contributed by atoms with E-state index < -0.39 is 0 Å². The fourth-order valence-electron chi connectivity index (χ4n) is 2.38. The number of hydrogen-bond acceptors (Lipinski definition) is 4. The van der Waals surface area contributed by atoms with E-state index in [2.05, 4.69) is 0 Å². The molecule has 0 spiro atoms. The molecule has 4 heteroatoms. The van der Waals surface area contributed by atoms with Gasteiger partial charge in [0.15, 0.2) is 0 Å². The number of ketones is 1. The van der Waals surface area contributed by atoms with Crippen molar-refractivity contribution in [1.29, 1.82) is 0 Å². The van der Waals surface area contributed by atoms with E-state index in [1.54, 1.807) is 0 Å². The largest absolute Gasteiger partial charge is 0.330 e. The minimum atomic E-state index is 0.479. The second-order valence-electron chi connectivity index (χ2n) is 5.42. The molecule has 1 aliphatic heterocycles. The highest BCUT2D eigenvalue weighted by atomic mass is 33.1. The predicted molar refractivity (Wildman–Crippen MR) is 88.7 cm³/mol. The van der Waals surface area contributed by atoms with Crippen molar-refractivity contribution < 1.29 is 4.79 Å². The summed E-state index contributed by atoms with van der Waals surface area (Å²) < 4.78 is 0. The molecule has 0 saturated carbocycles. The first-order chi connectivity index (χ1) is 9.33. The third kappa shape index (κ3) is 9.80. The maximum absolute atomic E-state index is 11.7. The summed E-state index contributed by atoms with van der Waals surface area (Å²) in [6.45, 7) is 0.802. The molecular formula is C15H29NOS2. The first kappa shape index (κ1) is 17.4. The molecule has 0 aromatic rings. The highest BCUT2D eigenvalue weighted by Crippen LogP contribution is 2.39. The summed E-state index contributed by atoms with van der Waals surface area (Å²) in [7, 11) is 4.05. The molecule has 1 rings (SSSR count). The van der Waals surface area contributed by atoms with Crippen molar-refractivity contribution in [3.63, 3.8) is 0 Å². The molecule has 112 valence electrons. The van der Waals surface area contributed by atoms with Crippen LogP contribution in [0, 0.1) is 0 Å². The summed E-state index contributed by atoms with van der Waals surface area (Å²) in [5, 5.41) is 0.864. The van der Waals surface area contributed by atoms with Gasteiger partial charge in [-0.25, -0.2) is 0 Å². The number of nitrogens with two attached hydrogens (primary N) is 1. The van der Waals surface area contributed by atoms with Crippen LogP contribution in [0.15, 0.2) is 0 Å². The number of carbonyl (C=O) groups is 1. The molecule has 1 saturated heterocycles. The topological polar surface area (TPSA) is 43.1 Å². The summed E-state index contributed by atoms with van der Waals surface area (Å²) in [4.78, 5) is 11.7. The third-order valence-electron chi connectivity index (χ3n) is 3.62. The molecule has 0 aliphatic carbocycles. The van der Waals surface area contributed by atoms with Crippen LogP contribution < -0.4 is 5.73 Å². The average molecular weight is 304 g/mol. The van der Waals surface area contributed by atoms with Crippen molar-refractivity contribution in [2.75, 3.05) is 12.3 Å². The summed E-state index contributed by atoms with van der Waals surface area (Å²) in [6, 6.07) is 0. The van der Waals surface area contributed by atoms with Gasteiger partial charge in [0.05, 0.1) is 0 Å². The van der Waals surface area contributed by atoms with Crippen LogP contribution in [0.4, 0.5) is 0 Å². The molecule has 1 aliphatic rings. The van der Waals surface area contributed by atoms with Crippen molar-refractivity contribution in [2.45, 2.75) is 75.9 Å². The Morgan fingerprint density at radius 3 is 2.37 bits per heavy atom. The number of Topliss-reactive ketones (excluding diaryl/α,β-unsaturated/α-hetero) is 1. The van der Waals surface area contributed by atoms with E-state index in [4.69, 9.17) is 5.73 Å². The smallest absolute Gasteiger partial charge is 0.132 e. The fourth-order valence-corrected chi connectivity index (χ4v) is 5.41. The van der Waals surface area contributed by atoms with Gasteiger partial charge in [0.1, 0.15) is 5.78 Å². The second kappa shape index (κ2) is 12.1. The average Bonchev–Trinajstić information content (AvgIpc) is 2.92. The zero-order chi connectivity index (χ0) is 13.8. The van der Waals surface area contributed by atoms with Crippen LogP contribution in [0.5, 0.6) is 0 Å². The maximum Gasteiger partial charge on any atom is 0.132 e. The quantitative estimate of drug-likeness (QED) is 0.424. The van der Waals surface area contributed by atoms with E-state index in [1.165, 1.54) is 44.3 Å². The van der Waals surface area contributed by atoms with Gasteiger partial charge in [0.2, 0.25) is 0 Å². The number of rotatable bonds is 12. The van der Waals surface area contributed by atoms with Crippen LogP contribution in [-0.2, 0) is 4.79 Å². The number of carbonyl (C=O) groups excluding carboxylic acids is 1. The Hall–Kier alpha value is 0.330. The molecule has 2 N–H and O–H groups in total. The van der Waals surface area contributed by atoms with Crippen molar-refractivity contribution in [1.82, 2.24) is 0 Å². The predicted octanol–water partition coefficient (Wildman–Crippen LogP) is 4.57. The third-order valence-corrected chi connectivity index (χ3v) is 6.63. The Morgan fingerprint density at radius 2 is 1.68 bits per heavy atom. The second-order valence-corrected chi connectivity index (χ2v) is 8.21. The van der Waals surface area contributed by atoms with Crippen LogP contribution in [0.25, 0.3) is 0 Å².